The van der Waals surface area contributed by atoms with Crippen molar-refractivity contribution in [3.63, 3.8) is 0 Å². The van der Waals surface area contributed by atoms with Crippen molar-refractivity contribution < 1.29 is 4.79 Å². The second kappa shape index (κ2) is 4.25. The summed E-state index contributed by atoms with van der Waals surface area (Å²) in [6.45, 7) is 2.47. The minimum Gasteiger partial charge on any atom is -0.382 e. The normalized spacial score (nSPS) is 10.4. The Hall–Kier alpha value is -2.37. The molecule has 6 heteroatoms. The maximum absolute atomic E-state index is 11.0. The molecule has 0 saturated carbocycles. The van der Waals surface area contributed by atoms with Crippen LogP contribution in [0, 0.1) is 6.92 Å². The number of primary amides is 1. The average Bonchev–Trinajstić information content (AvgIpc) is 2.61. The summed E-state index contributed by atoms with van der Waals surface area (Å²) in [6.07, 6.45) is 0. The third-order valence-corrected chi connectivity index (χ3v) is 2.42. The summed E-state index contributed by atoms with van der Waals surface area (Å²) in [4.78, 5) is 11.0. The maximum Gasteiger partial charge on any atom is 0.273 e. The van der Waals surface area contributed by atoms with Crippen LogP contribution in [0.15, 0.2) is 24.3 Å². The van der Waals surface area contributed by atoms with Gasteiger partial charge in [0.2, 0.25) is 0 Å². The van der Waals surface area contributed by atoms with Gasteiger partial charge in [-0.3, -0.25) is 4.79 Å². The molecule has 0 spiro atoms. The lowest BCUT2D eigenvalue weighted by Crippen LogP contribution is -2.14. The quantitative estimate of drug-likeness (QED) is 0.794. The number of rotatable bonds is 3. The number of carbonyl (C=O) groups excluding carboxylic acids is 1. The monoisotopic (exact) mass is 231 g/mol. The fourth-order valence-electron chi connectivity index (χ4n) is 1.60. The topological polar surface area (TPSA) is 99.8 Å². The van der Waals surface area contributed by atoms with E-state index in [1.54, 1.807) is 0 Å². The molecule has 0 bridgehead atoms. The molecule has 4 N–H and O–H groups in total. The van der Waals surface area contributed by atoms with Crippen LogP contribution in [-0.4, -0.2) is 20.9 Å². The van der Waals surface area contributed by atoms with Gasteiger partial charge in [0.15, 0.2) is 11.5 Å². The van der Waals surface area contributed by atoms with Crippen molar-refractivity contribution in [2.24, 2.45) is 5.73 Å². The number of nitrogens with two attached hydrogens (primary N) is 2. The molecule has 0 aliphatic heterocycles. The van der Waals surface area contributed by atoms with Crippen LogP contribution in [0.1, 0.15) is 21.6 Å². The Morgan fingerprint density at radius 3 is 2.82 bits per heavy atom. The number of anilines is 1. The van der Waals surface area contributed by atoms with E-state index in [0.717, 1.165) is 11.1 Å². The molecule has 1 aromatic carbocycles. The van der Waals surface area contributed by atoms with Crippen molar-refractivity contribution in [3.05, 3.63) is 41.1 Å². The summed E-state index contributed by atoms with van der Waals surface area (Å²) in [5.74, 6) is -0.475. The lowest BCUT2D eigenvalue weighted by molar-refractivity contribution is 0.0996. The van der Waals surface area contributed by atoms with Gasteiger partial charge in [-0.1, -0.05) is 35.0 Å². The van der Waals surface area contributed by atoms with Crippen LogP contribution >= 0.6 is 0 Å². The van der Waals surface area contributed by atoms with Crippen LogP contribution in [0.2, 0.25) is 0 Å². The highest BCUT2D eigenvalue weighted by Gasteiger charge is 2.14. The smallest absolute Gasteiger partial charge is 0.273 e. The Bertz CT molecular complexity index is 561. The number of aryl methyl sites for hydroxylation is 1. The van der Waals surface area contributed by atoms with Crippen LogP contribution in [-0.2, 0) is 6.54 Å². The van der Waals surface area contributed by atoms with Crippen LogP contribution < -0.4 is 11.5 Å². The van der Waals surface area contributed by atoms with Gasteiger partial charge in [-0.05, 0) is 12.5 Å². The Balaban J connectivity index is 2.28. The minimum absolute atomic E-state index is 0.0117. The van der Waals surface area contributed by atoms with E-state index in [1.165, 1.54) is 4.68 Å². The zero-order valence-corrected chi connectivity index (χ0v) is 9.42. The van der Waals surface area contributed by atoms with Gasteiger partial charge in [0.25, 0.3) is 5.91 Å². The molecular formula is C11H13N5O. The van der Waals surface area contributed by atoms with E-state index in [4.69, 9.17) is 11.5 Å². The molecule has 2 rings (SSSR count). The summed E-state index contributed by atoms with van der Waals surface area (Å²) >= 11 is 0. The van der Waals surface area contributed by atoms with Crippen LogP contribution in [0.3, 0.4) is 0 Å². The minimum atomic E-state index is -0.669. The highest BCUT2D eigenvalue weighted by molar-refractivity contribution is 5.94. The molecule has 0 radical (unpaired) electrons. The molecule has 0 saturated heterocycles. The van der Waals surface area contributed by atoms with Crippen molar-refractivity contribution in [1.82, 2.24) is 15.0 Å². The van der Waals surface area contributed by atoms with E-state index in [2.05, 4.69) is 10.3 Å². The van der Waals surface area contributed by atoms with E-state index >= 15 is 0 Å². The van der Waals surface area contributed by atoms with Gasteiger partial charge in [0, 0.05) is 0 Å². The van der Waals surface area contributed by atoms with E-state index in [0.29, 0.717) is 6.54 Å². The van der Waals surface area contributed by atoms with E-state index in [1.807, 2.05) is 31.2 Å². The molecule has 6 nitrogen and oxygen atoms in total. The van der Waals surface area contributed by atoms with Crippen molar-refractivity contribution in [2.75, 3.05) is 5.73 Å². The standard InChI is InChI=1S/C11H13N5O/c1-7-3-2-4-8(5-7)6-16-10(12)9(11(13)17)14-15-16/h2-5H,6,12H2,1H3,(H2,13,17). The van der Waals surface area contributed by atoms with Crippen LogP contribution in [0.25, 0.3) is 0 Å². The molecule has 0 aliphatic carbocycles. The summed E-state index contributed by atoms with van der Waals surface area (Å²) in [7, 11) is 0. The fraction of sp³-hybridized carbons (Fsp3) is 0.182. The van der Waals surface area contributed by atoms with Gasteiger partial charge in [0.05, 0.1) is 6.54 Å². The van der Waals surface area contributed by atoms with Crippen LogP contribution in [0.5, 0.6) is 0 Å². The second-order valence-electron chi connectivity index (χ2n) is 3.83. The summed E-state index contributed by atoms with van der Waals surface area (Å²) in [5, 5.41) is 7.45. The van der Waals surface area contributed by atoms with Crippen molar-refractivity contribution in [2.45, 2.75) is 13.5 Å². The number of aromatic nitrogens is 3. The number of amides is 1. The molecular weight excluding hydrogens is 218 g/mol. The van der Waals surface area contributed by atoms with Gasteiger partial charge < -0.3 is 11.5 Å². The van der Waals surface area contributed by atoms with Gasteiger partial charge in [-0.2, -0.15) is 0 Å². The van der Waals surface area contributed by atoms with E-state index < -0.39 is 5.91 Å². The molecule has 17 heavy (non-hydrogen) atoms. The Kier molecular flexibility index (Phi) is 2.78. The van der Waals surface area contributed by atoms with Gasteiger partial charge in [-0.25, -0.2) is 4.68 Å². The van der Waals surface area contributed by atoms with Gasteiger partial charge in [-0.15, -0.1) is 5.10 Å². The molecule has 88 valence electrons. The van der Waals surface area contributed by atoms with Crippen molar-refractivity contribution >= 4 is 11.7 Å². The number of hydrogen-bond acceptors (Lipinski definition) is 4. The summed E-state index contributed by atoms with van der Waals surface area (Å²) in [6, 6.07) is 7.93. The van der Waals surface area contributed by atoms with Gasteiger partial charge in [0.1, 0.15) is 0 Å². The summed E-state index contributed by atoms with van der Waals surface area (Å²) < 4.78 is 1.45. The number of carbonyl (C=O) groups is 1. The third-order valence-electron chi connectivity index (χ3n) is 2.42. The molecule has 2 aromatic rings. The zero-order valence-electron chi connectivity index (χ0n) is 9.42. The lowest BCUT2D eigenvalue weighted by atomic mass is 10.1. The maximum atomic E-state index is 11.0. The largest absolute Gasteiger partial charge is 0.382 e. The number of hydrogen-bond donors (Lipinski definition) is 2. The second-order valence-corrected chi connectivity index (χ2v) is 3.83. The number of nitrogens with zero attached hydrogens (tertiary/aromatic N) is 3. The molecule has 0 unspecified atom stereocenters. The molecule has 1 aromatic heterocycles. The van der Waals surface area contributed by atoms with Crippen molar-refractivity contribution in [1.29, 1.82) is 0 Å². The first-order valence-electron chi connectivity index (χ1n) is 5.12. The molecule has 1 heterocycles. The third kappa shape index (κ3) is 2.25. The summed E-state index contributed by atoms with van der Waals surface area (Å²) in [5.41, 5.74) is 13.0. The van der Waals surface area contributed by atoms with E-state index in [-0.39, 0.29) is 11.5 Å². The number of benzene rings is 1. The number of nitrogen functional groups attached to an aromatic ring is 1. The molecule has 1 amide bonds. The Labute approximate surface area is 98.2 Å². The predicted molar refractivity (Wildman–Crippen MR) is 63.2 cm³/mol. The Morgan fingerprint density at radius 2 is 2.24 bits per heavy atom. The molecule has 0 atom stereocenters. The molecule has 0 fully saturated rings. The van der Waals surface area contributed by atoms with Gasteiger partial charge >= 0.3 is 0 Å². The average molecular weight is 231 g/mol. The molecule has 0 aliphatic rings. The lowest BCUT2D eigenvalue weighted by Gasteiger charge is -2.04. The highest BCUT2D eigenvalue weighted by Crippen LogP contribution is 2.11. The zero-order chi connectivity index (χ0) is 12.4. The Morgan fingerprint density at radius 1 is 1.47 bits per heavy atom. The predicted octanol–water partition coefficient (Wildman–Crippen LogP) is 0.316. The van der Waals surface area contributed by atoms with Crippen molar-refractivity contribution in [3.8, 4) is 0 Å². The first-order chi connectivity index (χ1) is 8.08. The van der Waals surface area contributed by atoms with Crippen LogP contribution in [0.4, 0.5) is 5.82 Å². The first-order valence-corrected chi connectivity index (χ1v) is 5.12. The fourth-order valence-corrected chi connectivity index (χ4v) is 1.60. The SMILES string of the molecule is Cc1cccc(Cn2nnc(C(N)=O)c2N)c1. The first kappa shape index (κ1) is 11.1. The van der Waals surface area contributed by atoms with E-state index in [9.17, 15) is 4.79 Å². The highest BCUT2D eigenvalue weighted by atomic mass is 16.1.